The lowest BCUT2D eigenvalue weighted by Crippen LogP contribution is -2.01. The van der Waals surface area contributed by atoms with E-state index in [-0.39, 0.29) is 16.1 Å². The van der Waals surface area contributed by atoms with Gasteiger partial charge in [0.15, 0.2) is 9.84 Å². The Hall–Kier alpha value is -2.05. The van der Waals surface area contributed by atoms with Crippen LogP contribution in [0.3, 0.4) is 0 Å². The molecule has 1 rings (SSSR count). The number of hydrogen-bond donors (Lipinski definition) is 1. The van der Waals surface area contributed by atoms with Crippen LogP contribution in [-0.2, 0) is 9.84 Å². The number of azide groups is 1. The van der Waals surface area contributed by atoms with E-state index in [1.54, 1.807) is 0 Å². The lowest BCUT2D eigenvalue weighted by Gasteiger charge is -2.02. The minimum Gasteiger partial charge on any atom is -0.478 e. The van der Waals surface area contributed by atoms with E-state index in [1.807, 2.05) is 0 Å². The Bertz CT molecular complexity index is 567. The molecule has 0 aliphatic rings. The van der Waals surface area contributed by atoms with Crippen LogP contribution in [0.4, 0.5) is 5.69 Å². The van der Waals surface area contributed by atoms with Crippen molar-refractivity contribution in [2.45, 2.75) is 4.90 Å². The van der Waals surface area contributed by atoms with Crippen molar-refractivity contribution < 1.29 is 18.3 Å². The first kappa shape index (κ1) is 12.0. The van der Waals surface area contributed by atoms with Gasteiger partial charge in [-0.2, -0.15) is 0 Å². The predicted molar refractivity (Wildman–Crippen MR) is 55.3 cm³/mol. The van der Waals surface area contributed by atoms with E-state index < -0.39 is 15.8 Å². The Morgan fingerprint density at radius 1 is 1.44 bits per heavy atom. The molecule has 84 valence electrons. The van der Waals surface area contributed by atoms with Gasteiger partial charge in [-0.15, -0.1) is 0 Å². The highest BCUT2D eigenvalue weighted by Crippen LogP contribution is 2.21. The van der Waals surface area contributed by atoms with Crippen molar-refractivity contribution in [1.82, 2.24) is 0 Å². The van der Waals surface area contributed by atoms with E-state index in [2.05, 4.69) is 10.0 Å². The highest BCUT2D eigenvalue weighted by Gasteiger charge is 2.12. The summed E-state index contributed by atoms with van der Waals surface area (Å²) < 4.78 is 22.5. The maximum absolute atomic E-state index is 11.2. The summed E-state index contributed by atoms with van der Waals surface area (Å²) >= 11 is 0. The second-order valence-corrected chi connectivity index (χ2v) is 5.00. The van der Waals surface area contributed by atoms with E-state index in [0.29, 0.717) is 0 Å². The fourth-order valence-electron chi connectivity index (χ4n) is 1.03. The number of nitrogens with zero attached hydrogens (tertiary/aromatic N) is 3. The number of hydrogen-bond acceptors (Lipinski definition) is 4. The SMILES string of the molecule is CS(=O)(=O)c1cc(N=[N+]=[N-])cc(C(=O)O)c1. The lowest BCUT2D eigenvalue weighted by atomic mass is 10.2. The topological polar surface area (TPSA) is 120 Å². The second kappa shape index (κ2) is 4.21. The molecule has 0 amide bonds. The highest BCUT2D eigenvalue weighted by atomic mass is 32.2. The van der Waals surface area contributed by atoms with Gasteiger partial charge < -0.3 is 5.11 Å². The first-order valence-corrected chi connectivity index (χ1v) is 5.87. The van der Waals surface area contributed by atoms with Crippen LogP contribution >= 0.6 is 0 Å². The van der Waals surface area contributed by atoms with Crippen molar-refractivity contribution in [3.8, 4) is 0 Å². The van der Waals surface area contributed by atoms with Crippen LogP contribution in [0.25, 0.3) is 10.4 Å². The summed E-state index contributed by atoms with van der Waals surface area (Å²) in [6, 6.07) is 3.21. The summed E-state index contributed by atoms with van der Waals surface area (Å²) in [5, 5.41) is 11.9. The molecule has 0 aromatic heterocycles. The van der Waals surface area contributed by atoms with Crippen LogP contribution < -0.4 is 0 Å². The maximum Gasteiger partial charge on any atom is 0.335 e. The standard InChI is InChI=1S/C8H7N3O4S/c1-16(14,15)7-3-5(8(12)13)2-6(4-7)10-11-9/h2-4H,1H3,(H,12,13). The molecule has 1 aromatic rings. The number of rotatable bonds is 3. The van der Waals surface area contributed by atoms with E-state index >= 15 is 0 Å². The Kier molecular flexibility index (Phi) is 3.17. The van der Waals surface area contributed by atoms with Gasteiger partial charge in [-0.25, -0.2) is 13.2 Å². The molecule has 0 saturated carbocycles. The molecular formula is C8H7N3O4S. The minimum atomic E-state index is -3.55. The number of carbonyl (C=O) groups is 1. The molecule has 0 unspecified atom stereocenters. The Morgan fingerprint density at radius 3 is 2.50 bits per heavy atom. The molecule has 0 heterocycles. The largest absolute Gasteiger partial charge is 0.478 e. The fraction of sp³-hybridized carbons (Fsp3) is 0.125. The van der Waals surface area contributed by atoms with Crippen molar-refractivity contribution >= 4 is 21.5 Å². The zero-order valence-corrected chi connectivity index (χ0v) is 8.97. The van der Waals surface area contributed by atoms with Crippen LogP contribution in [0.1, 0.15) is 10.4 Å². The molecule has 1 N–H and O–H groups in total. The first-order valence-electron chi connectivity index (χ1n) is 3.98. The third-order valence-electron chi connectivity index (χ3n) is 1.73. The fourth-order valence-corrected chi connectivity index (χ4v) is 1.71. The number of carboxylic acid groups (broad SMARTS) is 1. The summed E-state index contributed by atoms with van der Waals surface area (Å²) in [5.41, 5.74) is 7.91. The second-order valence-electron chi connectivity index (χ2n) is 2.98. The summed E-state index contributed by atoms with van der Waals surface area (Å²) in [6.45, 7) is 0. The lowest BCUT2D eigenvalue weighted by molar-refractivity contribution is 0.0696. The van der Waals surface area contributed by atoms with Crippen LogP contribution in [0.5, 0.6) is 0 Å². The highest BCUT2D eigenvalue weighted by molar-refractivity contribution is 7.90. The van der Waals surface area contributed by atoms with E-state index in [1.165, 1.54) is 0 Å². The summed E-state index contributed by atoms with van der Waals surface area (Å²) in [5.74, 6) is -1.29. The Balaban J connectivity index is 3.53. The third kappa shape index (κ3) is 2.72. The van der Waals surface area contributed by atoms with Crippen LogP contribution in [0, 0.1) is 0 Å². The van der Waals surface area contributed by atoms with Gasteiger partial charge in [0.05, 0.1) is 10.5 Å². The van der Waals surface area contributed by atoms with Crippen LogP contribution in [0.15, 0.2) is 28.2 Å². The van der Waals surface area contributed by atoms with Gasteiger partial charge in [-0.1, -0.05) is 5.11 Å². The van der Waals surface area contributed by atoms with Crippen molar-refractivity contribution in [3.05, 3.63) is 34.2 Å². The summed E-state index contributed by atoms with van der Waals surface area (Å²) in [7, 11) is -3.55. The van der Waals surface area contributed by atoms with Crippen LogP contribution in [0.2, 0.25) is 0 Å². The molecule has 1 aromatic carbocycles. The quantitative estimate of drug-likeness (QED) is 0.492. The third-order valence-corrected chi connectivity index (χ3v) is 2.82. The van der Waals surface area contributed by atoms with E-state index in [0.717, 1.165) is 24.5 Å². The molecule has 0 atom stereocenters. The first-order chi connectivity index (χ1) is 7.34. The van der Waals surface area contributed by atoms with Gasteiger partial charge in [-0.3, -0.25) is 0 Å². The van der Waals surface area contributed by atoms with Crippen LogP contribution in [-0.4, -0.2) is 25.7 Å². The molecular weight excluding hydrogens is 234 g/mol. The number of benzene rings is 1. The van der Waals surface area contributed by atoms with E-state index in [9.17, 15) is 13.2 Å². The molecule has 7 nitrogen and oxygen atoms in total. The molecule has 0 bridgehead atoms. The number of aromatic carboxylic acids is 1. The molecule has 0 saturated heterocycles. The smallest absolute Gasteiger partial charge is 0.335 e. The van der Waals surface area contributed by atoms with Gasteiger partial charge >= 0.3 is 5.97 Å². The summed E-state index contributed by atoms with van der Waals surface area (Å²) in [6.07, 6.45) is 0.938. The predicted octanol–water partition coefficient (Wildman–Crippen LogP) is 1.73. The average molecular weight is 241 g/mol. The molecule has 8 heteroatoms. The molecule has 0 spiro atoms. The summed E-state index contributed by atoms with van der Waals surface area (Å²) in [4.78, 5) is 13.0. The van der Waals surface area contributed by atoms with Gasteiger partial charge in [0, 0.05) is 16.9 Å². The molecule has 0 fully saturated rings. The maximum atomic E-state index is 11.2. The van der Waals surface area contributed by atoms with E-state index in [4.69, 9.17) is 10.6 Å². The Labute approximate surface area is 90.9 Å². The van der Waals surface area contributed by atoms with Gasteiger partial charge in [0.25, 0.3) is 0 Å². The average Bonchev–Trinajstić information content (AvgIpc) is 2.16. The zero-order valence-electron chi connectivity index (χ0n) is 8.15. The number of sulfone groups is 1. The zero-order chi connectivity index (χ0) is 12.3. The monoisotopic (exact) mass is 241 g/mol. The molecule has 16 heavy (non-hydrogen) atoms. The van der Waals surface area contributed by atoms with Crippen molar-refractivity contribution in [3.63, 3.8) is 0 Å². The van der Waals surface area contributed by atoms with Gasteiger partial charge in [-0.05, 0) is 23.7 Å². The molecule has 0 aliphatic heterocycles. The van der Waals surface area contributed by atoms with Crippen molar-refractivity contribution in [1.29, 1.82) is 0 Å². The van der Waals surface area contributed by atoms with Gasteiger partial charge in [0.1, 0.15) is 0 Å². The molecule has 0 radical (unpaired) electrons. The minimum absolute atomic E-state index is 0.0529. The Morgan fingerprint density at radius 2 is 2.06 bits per heavy atom. The van der Waals surface area contributed by atoms with Crippen molar-refractivity contribution in [2.24, 2.45) is 5.11 Å². The van der Waals surface area contributed by atoms with Crippen molar-refractivity contribution in [2.75, 3.05) is 6.26 Å². The molecule has 0 aliphatic carbocycles. The van der Waals surface area contributed by atoms with Gasteiger partial charge in [0.2, 0.25) is 0 Å². The number of carboxylic acids is 1. The normalized spacial score (nSPS) is 10.6.